The smallest absolute Gasteiger partial charge is 0.336 e. The Hall–Kier alpha value is -2.87. The molecule has 28 heavy (non-hydrogen) atoms. The molecular weight excluding hydrogens is 378 g/mol. The van der Waals surface area contributed by atoms with Crippen molar-refractivity contribution in [3.8, 4) is 0 Å². The fourth-order valence-electron chi connectivity index (χ4n) is 3.21. The fraction of sp³-hybridized carbons (Fsp3) is 0.300. The lowest BCUT2D eigenvalue weighted by Gasteiger charge is -2.34. The van der Waals surface area contributed by atoms with Gasteiger partial charge in [-0.2, -0.15) is 0 Å². The number of sulfone groups is 1. The van der Waals surface area contributed by atoms with Crippen LogP contribution in [0.5, 0.6) is 0 Å². The van der Waals surface area contributed by atoms with Crippen LogP contribution in [0, 0.1) is 6.92 Å². The van der Waals surface area contributed by atoms with Crippen LogP contribution < -0.4 is 10.2 Å². The number of carbonyl (C=O) groups excluding carboxylic acids is 2. The maximum absolute atomic E-state index is 13.5. The standard InChI is InChI=1S/C20H23N3O4S/c1-14-4-6-17(7-5-14)23(18-9-11-28(26,27)13-18)20(25)22(16(3)24)19-12-21-10-8-15(19)2/h4-9,11-12,18,21H,10,13H2,1-3H3. The van der Waals surface area contributed by atoms with Gasteiger partial charge in [-0.3, -0.25) is 9.69 Å². The van der Waals surface area contributed by atoms with E-state index >= 15 is 0 Å². The number of benzene rings is 1. The molecule has 0 aromatic heterocycles. The number of amides is 3. The summed E-state index contributed by atoms with van der Waals surface area (Å²) in [5.41, 5.74) is 2.78. The third kappa shape index (κ3) is 4.01. The molecule has 1 aromatic rings. The SMILES string of the molecule is CC(=O)N(C(=O)N(c1ccc(C)cc1)C1C=CS(=O)(=O)C1)C1=CNCC=C1C. The number of anilines is 1. The number of dihydropyridines is 1. The number of aryl methyl sites for hydroxylation is 1. The van der Waals surface area contributed by atoms with E-state index in [1.165, 1.54) is 17.9 Å². The molecule has 1 aromatic carbocycles. The average Bonchev–Trinajstić information content (AvgIpc) is 2.98. The van der Waals surface area contributed by atoms with Crippen LogP contribution in [0.15, 0.2) is 59.3 Å². The highest BCUT2D eigenvalue weighted by atomic mass is 32.2. The van der Waals surface area contributed by atoms with Crippen LogP contribution >= 0.6 is 0 Å². The second kappa shape index (κ2) is 7.63. The van der Waals surface area contributed by atoms with Gasteiger partial charge in [-0.25, -0.2) is 18.1 Å². The largest absolute Gasteiger partial charge is 0.386 e. The summed E-state index contributed by atoms with van der Waals surface area (Å²) in [6.07, 6.45) is 5.00. The number of hydrogen-bond donors (Lipinski definition) is 1. The van der Waals surface area contributed by atoms with Crippen LogP contribution in [0.3, 0.4) is 0 Å². The van der Waals surface area contributed by atoms with E-state index in [1.807, 2.05) is 32.1 Å². The molecule has 1 N–H and O–H groups in total. The first-order valence-corrected chi connectivity index (χ1v) is 10.6. The van der Waals surface area contributed by atoms with Gasteiger partial charge in [0.05, 0.1) is 17.5 Å². The molecular formula is C20H23N3O4S. The summed E-state index contributed by atoms with van der Waals surface area (Å²) in [6, 6.07) is 5.90. The average molecular weight is 401 g/mol. The van der Waals surface area contributed by atoms with Gasteiger partial charge < -0.3 is 5.32 Å². The van der Waals surface area contributed by atoms with E-state index in [2.05, 4.69) is 5.32 Å². The summed E-state index contributed by atoms with van der Waals surface area (Å²) in [5, 5.41) is 4.13. The summed E-state index contributed by atoms with van der Waals surface area (Å²) in [4.78, 5) is 28.4. The van der Waals surface area contributed by atoms with Crippen molar-refractivity contribution >= 4 is 27.5 Å². The Kier molecular flexibility index (Phi) is 5.42. The molecule has 3 rings (SSSR count). The topological polar surface area (TPSA) is 86.8 Å². The normalized spacial score (nSPS) is 20.0. The second-order valence-electron chi connectivity index (χ2n) is 6.89. The minimum atomic E-state index is -3.39. The molecule has 2 heterocycles. The Morgan fingerprint density at radius 3 is 2.36 bits per heavy atom. The molecule has 0 aliphatic carbocycles. The minimum absolute atomic E-state index is 0.218. The van der Waals surface area contributed by atoms with Crippen LogP contribution in [-0.2, 0) is 14.6 Å². The van der Waals surface area contributed by atoms with Crippen LogP contribution in [0.4, 0.5) is 10.5 Å². The van der Waals surface area contributed by atoms with E-state index in [9.17, 15) is 18.0 Å². The zero-order chi connectivity index (χ0) is 20.5. The highest BCUT2D eigenvalue weighted by Crippen LogP contribution is 2.27. The van der Waals surface area contributed by atoms with Gasteiger partial charge in [0.15, 0.2) is 9.84 Å². The molecule has 0 spiro atoms. The number of hydrogen-bond acceptors (Lipinski definition) is 5. The third-order valence-corrected chi connectivity index (χ3v) is 6.05. The summed E-state index contributed by atoms with van der Waals surface area (Å²) >= 11 is 0. The van der Waals surface area contributed by atoms with E-state index in [0.29, 0.717) is 17.9 Å². The zero-order valence-corrected chi connectivity index (χ0v) is 16.9. The van der Waals surface area contributed by atoms with Gasteiger partial charge in [-0.05, 0) is 37.6 Å². The summed E-state index contributed by atoms with van der Waals surface area (Å²) in [5.74, 6) is -0.667. The first kappa shape index (κ1) is 19.9. The van der Waals surface area contributed by atoms with Crippen molar-refractivity contribution in [2.45, 2.75) is 26.8 Å². The van der Waals surface area contributed by atoms with Gasteiger partial charge in [-0.1, -0.05) is 23.8 Å². The summed E-state index contributed by atoms with van der Waals surface area (Å²) in [6.45, 7) is 5.67. The van der Waals surface area contributed by atoms with Crippen molar-refractivity contribution in [1.82, 2.24) is 10.2 Å². The predicted molar refractivity (Wildman–Crippen MR) is 108 cm³/mol. The molecule has 0 radical (unpaired) electrons. The lowest BCUT2D eigenvalue weighted by Crippen LogP contribution is -2.50. The first-order chi connectivity index (χ1) is 13.2. The van der Waals surface area contributed by atoms with Crippen molar-refractivity contribution in [2.24, 2.45) is 0 Å². The van der Waals surface area contributed by atoms with Gasteiger partial charge in [0.1, 0.15) is 0 Å². The fourth-order valence-corrected chi connectivity index (χ4v) is 4.48. The van der Waals surface area contributed by atoms with E-state index in [4.69, 9.17) is 0 Å². The van der Waals surface area contributed by atoms with Crippen molar-refractivity contribution in [3.05, 3.63) is 64.9 Å². The molecule has 1 atom stereocenters. The third-order valence-electron chi connectivity index (χ3n) is 4.68. The molecule has 0 saturated carbocycles. The summed E-state index contributed by atoms with van der Waals surface area (Å²) < 4.78 is 24.0. The van der Waals surface area contributed by atoms with Crippen LogP contribution in [0.2, 0.25) is 0 Å². The number of allylic oxidation sites excluding steroid dienone is 1. The van der Waals surface area contributed by atoms with Gasteiger partial charge in [0, 0.05) is 30.8 Å². The monoisotopic (exact) mass is 401 g/mol. The Labute approximate surface area is 164 Å². The lowest BCUT2D eigenvalue weighted by molar-refractivity contribution is -0.124. The minimum Gasteiger partial charge on any atom is -0.386 e. The Morgan fingerprint density at radius 1 is 1.14 bits per heavy atom. The van der Waals surface area contributed by atoms with Crippen molar-refractivity contribution < 1.29 is 18.0 Å². The van der Waals surface area contributed by atoms with Crippen molar-refractivity contribution in [3.63, 3.8) is 0 Å². The number of nitrogens with zero attached hydrogens (tertiary/aromatic N) is 2. The van der Waals surface area contributed by atoms with E-state index in [0.717, 1.165) is 21.4 Å². The molecule has 1 unspecified atom stereocenters. The molecule has 3 amide bonds. The lowest BCUT2D eigenvalue weighted by atomic mass is 10.1. The maximum atomic E-state index is 13.5. The van der Waals surface area contributed by atoms with Crippen LogP contribution in [-0.4, -0.2) is 43.6 Å². The van der Waals surface area contributed by atoms with Crippen molar-refractivity contribution in [2.75, 3.05) is 17.2 Å². The highest BCUT2D eigenvalue weighted by Gasteiger charge is 2.36. The number of imide groups is 1. The quantitative estimate of drug-likeness (QED) is 0.841. The molecule has 2 aliphatic heterocycles. The second-order valence-corrected chi connectivity index (χ2v) is 8.82. The Morgan fingerprint density at radius 2 is 1.82 bits per heavy atom. The molecule has 0 fully saturated rings. The maximum Gasteiger partial charge on any atom is 0.336 e. The zero-order valence-electron chi connectivity index (χ0n) is 16.0. The van der Waals surface area contributed by atoms with E-state index in [-0.39, 0.29) is 5.75 Å². The molecule has 2 aliphatic rings. The number of rotatable bonds is 3. The van der Waals surface area contributed by atoms with Crippen molar-refractivity contribution in [1.29, 1.82) is 0 Å². The highest BCUT2D eigenvalue weighted by molar-refractivity contribution is 7.94. The van der Waals surface area contributed by atoms with Gasteiger partial charge >= 0.3 is 6.03 Å². The Balaban J connectivity index is 2.05. The predicted octanol–water partition coefficient (Wildman–Crippen LogP) is 2.47. The number of nitrogens with one attached hydrogen (secondary N) is 1. The van der Waals surface area contributed by atoms with Gasteiger partial charge in [-0.15, -0.1) is 0 Å². The van der Waals surface area contributed by atoms with Gasteiger partial charge in [0.25, 0.3) is 0 Å². The molecule has 0 bridgehead atoms. The molecule has 7 nitrogen and oxygen atoms in total. The van der Waals surface area contributed by atoms with E-state index < -0.39 is 27.8 Å². The first-order valence-electron chi connectivity index (χ1n) is 8.92. The van der Waals surface area contributed by atoms with E-state index in [1.54, 1.807) is 18.3 Å². The molecule has 8 heteroatoms. The van der Waals surface area contributed by atoms with Crippen LogP contribution in [0.1, 0.15) is 19.4 Å². The summed E-state index contributed by atoms with van der Waals surface area (Å²) in [7, 11) is -3.39. The molecule has 0 saturated heterocycles. The van der Waals surface area contributed by atoms with Gasteiger partial charge in [0.2, 0.25) is 5.91 Å². The molecule has 148 valence electrons. The number of urea groups is 1. The number of carbonyl (C=O) groups is 2. The van der Waals surface area contributed by atoms with Crippen LogP contribution in [0.25, 0.3) is 0 Å². The Bertz CT molecular complexity index is 991.